The third-order valence-corrected chi connectivity index (χ3v) is 3.67. The molecule has 1 N–H and O–H groups in total. The highest BCUT2D eigenvalue weighted by molar-refractivity contribution is 5.79. The van der Waals surface area contributed by atoms with Crippen molar-refractivity contribution >= 4 is 5.96 Å². The molecule has 0 atom stereocenters. The molecule has 0 spiro atoms. The molecule has 0 unspecified atom stereocenters. The van der Waals surface area contributed by atoms with Gasteiger partial charge in [-0.1, -0.05) is 26.0 Å². The Kier molecular flexibility index (Phi) is 6.35. The van der Waals surface area contributed by atoms with Crippen LogP contribution in [0, 0.1) is 11.7 Å². The van der Waals surface area contributed by atoms with Crippen LogP contribution in [0.1, 0.15) is 25.2 Å². The highest BCUT2D eigenvalue weighted by Crippen LogP contribution is 2.07. The fourth-order valence-electron chi connectivity index (χ4n) is 2.55. The number of nitrogens with zero attached hydrogens (tertiary/aromatic N) is 4. The molecule has 0 saturated heterocycles. The van der Waals surface area contributed by atoms with E-state index < -0.39 is 0 Å². The lowest BCUT2D eigenvalue weighted by atomic mass is 10.2. The molecule has 1 aromatic carbocycles. The van der Waals surface area contributed by atoms with Gasteiger partial charge in [-0.25, -0.2) is 9.37 Å². The van der Waals surface area contributed by atoms with Crippen LogP contribution in [0.2, 0.25) is 0 Å². The van der Waals surface area contributed by atoms with Crippen LogP contribution < -0.4 is 5.32 Å². The Hall–Kier alpha value is -2.37. The molecule has 0 aliphatic heterocycles. The Balaban J connectivity index is 1.94. The van der Waals surface area contributed by atoms with E-state index >= 15 is 0 Å². The van der Waals surface area contributed by atoms with Gasteiger partial charge in [0.25, 0.3) is 0 Å². The molecule has 2 aromatic rings. The first-order chi connectivity index (χ1) is 11.5. The summed E-state index contributed by atoms with van der Waals surface area (Å²) in [4.78, 5) is 10.7. The summed E-state index contributed by atoms with van der Waals surface area (Å²) in [6.45, 7) is 6.58. The molecule has 5 nitrogen and oxygen atoms in total. The minimum absolute atomic E-state index is 0.221. The van der Waals surface area contributed by atoms with Crippen molar-refractivity contribution < 1.29 is 4.39 Å². The topological polar surface area (TPSA) is 45.5 Å². The Morgan fingerprint density at radius 3 is 2.67 bits per heavy atom. The second-order valence-electron chi connectivity index (χ2n) is 6.27. The first-order valence-electron chi connectivity index (χ1n) is 8.15. The summed E-state index contributed by atoms with van der Waals surface area (Å²) < 4.78 is 15.2. The van der Waals surface area contributed by atoms with Gasteiger partial charge < -0.3 is 14.8 Å². The fraction of sp³-hybridized carbons (Fsp3) is 0.444. The molecule has 1 heterocycles. The first kappa shape index (κ1) is 18.0. The standard InChI is InChI=1S/C18H26FN5/c1-14(2)12-24-10-9-21-17(24)11-22-18(20-3)23(4)13-15-5-7-16(19)8-6-15/h5-10,14H,11-13H2,1-4H3,(H,20,22). The van der Waals surface area contributed by atoms with E-state index in [2.05, 4.69) is 33.7 Å². The summed E-state index contributed by atoms with van der Waals surface area (Å²) in [7, 11) is 3.71. The van der Waals surface area contributed by atoms with Gasteiger partial charge in [-0.3, -0.25) is 4.99 Å². The van der Waals surface area contributed by atoms with Crippen molar-refractivity contribution in [1.82, 2.24) is 19.8 Å². The van der Waals surface area contributed by atoms with Gasteiger partial charge in [0.2, 0.25) is 0 Å². The number of benzene rings is 1. The zero-order valence-electron chi connectivity index (χ0n) is 14.8. The van der Waals surface area contributed by atoms with Gasteiger partial charge in [-0.15, -0.1) is 0 Å². The Morgan fingerprint density at radius 1 is 1.33 bits per heavy atom. The summed E-state index contributed by atoms with van der Waals surface area (Å²) in [5, 5.41) is 3.34. The van der Waals surface area contributed by atoms with Gasteiger partial charge in [-0.05, 0) is 23.6 Å². The van der Waals surface area contributed by atoms with Crippen LogP contribution in [0.15, 0.2) is 41.7 Å². The largest absolute Gasteiger partial charge is 0.349 e. The van der Waals surface area contributed by atoms with Crippen molar-refractivity contribution in [3.05, 3.63) is 53.9 Å². The summed E-state index contributed by atoms with van der Waals surface area (Å²) in [6, 6.07) is 6.52. The number of halogens is 1. The zero-order valence-corrected chi connectivity index (χ0v) is 14.8. The lowest BCUT2D eigenvalue weighted by Crippen LogP contribution is -2.38. The van der Waals surface area contributed by atoms with E-state index in [9.17, 15) is 4.39 Å². The van der Waals surface area contributed by atoms with E-state index in [1.54, 1.807) is 19.2 Å². The van der Waals surface area contributed by atoms with E-state index in [1.807, 2.05) is 24.3 Å². The van der Waals surface area contributed by atoms with Crippen molar-refractivity contribution in [2.75, 3.05) is 14.1 Å². The second kappa shape index (κ2) is 8.47. The maximum atomic E-state index is 13.0. The third-order valence-electron chi connectivity index (χ3n) is 3.67. The number of nitrogens with one attached hydrogen (secondary N) is 1. The summed E-state index contributed by atoms with van der Waals surface area (Å²) in [5.74, 6) is 2.11. The molecule has 6 heteroatoms. The van der Waals surface area contributed by atoms with E-state index in [4.69, 9.17) is 0 Å². The van der Waals surface area contributed by atoms with Crippen LogP contribution >= 0.6 is 0 Å². The lowest BCUT2D eigenvalue weighted by molar-refractivity contribution is 0.467. The Labute approximate surface area is 143 Å². The van der Waals surface area contributed by atoms with Gasteiger partial charge in [-0.2, -0.15) is 0 Å². The number of guanidine groups is 1. The molecule has 0 aliphatic rings. The predicted octanol–water partition coefficient (Wildman–Crippen LogP) is 2.89. The monoisotopic (exact) mass is 331 g/mol. The fourth-order valence-corrected chi connectivity index (χ4v) is 2.55. The third kappa shape index (κ3) is 5.08. The summed E-state index contributed by atoms with van der Waals surface area (Å²) in [6.07, 6.45) is 3.83. The average molecular weight is 331 g/mol. The van der Waals surface area contributed by atoms with Gasteiger partial charge in [0, 0.05) is 39.6 Å². The van der Waals surface area contributed by atoms with Crippen molar-refractivity contribution in [2.24, 2.45) is 10.9 Å². The van der Waals surface area contributed by atoms with Crippen molar-refractivity contribution in [3.8, 4) is 0 Å². The van der Waals surface area contributed by atoms with Crippen molar-refractivity contribution in [1.29, 1.82) is 0 Å². The van der Waals surface area contributed by atoms with Crippen LogP contribution in [-0.4, -0.2) is 34.5 Å². The number of aromatic nitrogens is 2. The number of aliphatic imine (C=N–C) groups is 1. The molecule has 24 heavy (non-hydrogen) atoms. The van der Waals surface area contributed by atoms with Gasteiger partial charge in [0.15, 0.2) is 5.96 Å². The molecule has 2 rings (SSSR count). The minimum atomic E-state index is -0.221. The minimum Gasteiger partial charge on any atom is -0.349 e. The molecular weight excluding hydrogens is 305 g/mol. The first-order valence-corrected chi connectivity index (χ1v) is 8.15. The molecule has 0 saturated carbocycles. The van der Waals surface area contributed by atoms with Crippen LogP contribution in [-0.2, 0) is 19.6 Å². The molecule has 1 aromatic heterocycles. The maximum absolute atomic E-state index is 13.0. The summed E-state index contributed by atoms with van der Waals surface area (Å²) in [5.41, 5.74) is 1.03. The van der Waals surface area contributed by atoms with Crippen LogP contribution in [0.5, 0.6) is 0 Å². The lowest BCUT2D eigenvalue weighted by Gasteiger charge is -2.22. The molecule has 0 bridgehead atoms. The highest BCUT2D eigenvalue weighted by Gasteiger charge is 2.09. The predicted molar refractivity (Wildman–Crippen MR) is 95.1 cm³/mol. The number of imidazole rings is 1. The van der Waals surface area contributed by atoms with Gasteiger partial charge >= 0.3 is 0 Å². The smallest absolute Gasteiger partial charge is 0.194 e. The number of hydrogen-bond donors (Lipinski definition) is 1. The van der Waals surface area contributed by atoms with E-state index in [-0.39, 0.29) is 5.82 Å². The maximum Gasteiger partial charge on any atom is 0.194 e. The van der Waals surface area contributed by atoms with Crippen molar-refractivity contribution in [2.45, 2.75) is 33.5 Å². The second-order valence-corrected chi connectivity index (χ2v) is 6.27. The molecule has 0 fully saturated rings. The molecular formula is C18H26FN5. The molecule has 0 aliphatic carbocycles. The van der Waals surface area contributed by atoms with E-state index in [0.717, 1.165) is 23.9 Å². The molecule has 130 valence electrons. The zero-order chi connectivity index (χ0) is 17.5. The van der Waals surface area contributed by atoms with Crippen LogP contribution in [0.25, 0.3) is 0 Å². The van der Waals surface area contributed by atoms with Crippen LogP contribution in [0.3, 0.4) is 0 Å². The number of rotatable bonds is 6. The SMILES string of the molecule is CN=C(NCc1nccn1CC(C)C)N(C)Cc1ccc(F)cc1. The average Bonchev–Trinajstić information content (AvgIpc) is 2.96. The molecule has 0 amide bonds. The highest BCUT2D eigenvalue weighted by atomic mass is 19.1. The Morgan fingerprint density at radius 2 is 2.04 bits per heavy atom. The number of hydrogen-bond acceptors (Lipinski definition) is 2. The van der Waals surface area contributed by atoms with Gasteiger partial charge in [0.1, 0.15) is 11.6 Å². The van der Waals surface area contributed by atoms with Crippen molar-refractivity contribution in [3.63, 3.8) is 0 Å². The summed E-state index contributed by atoms with van der Waals surface area (Å²) >= 11 is 0. The Bertz CT molecular complexity index is 660. The van der Waals surface area contributed by atoms with E-state index in [1.165, 1.54) is 12.1 Å². The van der Waals surface area contributed by atoms with E-state index in [0.29, 0.717) is 19.0 Å². The normalized spacial score (nSPS) is 11.8. The van der Waals surface area contributed by atoms with Crippen LogP contribution in [0.4, 0.5) is 4.39 Å². The van der Waals surface area contributed by atoms with Gasteiger partial charge in [0.05, 0.1) is 6.54 Å². The molecule has 0 radical (unpaired) electrons. The quantitative estimate of drug-likeness (QED) is 0.654.